The van der Waals surface area contributed by atoms with E-state index in [1.54, 1.807) is 0 Å². The molecule has 4 heteroatoms. The highest BCUT2D eigenvalue weighted by molar-refractivity contribution is 5.92. The van der Waals surface area contributed by atoms with Crippen molar-refractivity contribution in [1.29, 1.82) is 0 Å². The second kappa shape index (κ2) is 9.24. The van der Waals surface area contributed by atoms with Crippen LogP contribution < -0.4 is 9.80 Å². The highest BCUT2D eigenvalue weighted by Gasteiger charge is 2.27. The molecule has 3 aromatic carbocycles. The number of nitrogens with zero attached hydrogens (tertiary/aromatic N) is 3. The van der Waals surface area contributed by atoms with Gasteiger partial charge in [0.25, 0.3) is 0 Å². The number of rotatable bonds is 4. The monoisotopic (exact) mass is 457 g/mol. The van der Waals surface area contributed by atoms with E-state index in [4.69, 9.17) is 0 Å². The Morgan fingerprint density at radius 3 is 2.42 bits per heavy atom. The Balaban J connectivity index is 0.00000228. The molecule has 0 aromatic heterocycles. The second-order valence-electron chi connectivity index (χ2n) is 9.29. The van der Waals surface area contributed by atoms with Crippen molar-refractivity contribution in [3.05, 3.63) is 88.5 Å². The lowest BCUT2D eigenvalue weighted by Gasteiger charge is -2.36. The van der Waals surface area contributed by atoms with Gasteiger partial charge in [-0.25, -0.2) is 0 Å². The van der Waals surface area contributed by atoms with Crippen LogP contribution in [0, 0.1) is 6.92 Å². The highest BCUT2D eigenvalue weighted by Crippen LogP contribution is 2.43. The van der Waals surface area contributed by atoms with Crippen LogP contribution in [0.1, 0.15) is 27.8 Å². The fourth-order valence-electron chi connectivity index (χ4n) is 5.66. The van der Waals surface area contributed by atoms with E-state index < -0.39 is 0 Å². The summed E-state index contributed by atoms with van der Waals surface area (Å²) >= 11 is 0. The first kappa shape index (κ1) is 22.1. The maximum absolute atomic E-state index is 2.63. The quantitative estimate of drug-likeness (QED) is 0.478. The summed E-state index contributed by atoms with van der Waals surface area (Å²) in [6, 6.07) is 22.3. The fraction of sp³-hybridized carbons (Fsp3) is 0.310. The molecule has 1 fully saturated rings. The molecule has 0 radical (unpaired) electrons. The highest BCUT2D eigenvalue weighted by atomic mass is 35.5. The molecule has 0 unspecified atom stereocenters. The molecule has 0 spiro atoms. The Labute approximate surface area is 203 Å². The van der Waals surface area contributed by atoms with Crippen LogP contribution >= 0.6 is 12.4 Å². The fourth-order valence-corrected chi connectivity index (χ4v) is 5.66. The molecule has 3 aliphatic rings. The average Bonchev–Trinajstić information content (AvgIpc) is 3.20. The molecule has 0 bridgehead atoms. The Bertz CT molecular complexity index is 1160. The first-order chi connectivity index (χ1) is 15.8. The molecule has 3 nitrogen and oxygen atoms in total. The average molecular weight is 458 g/mol. The van der Waals surface area contributed by atoms with Crippen molar-refractivity contribution in [1.82, 2.24) is 4.90 Å². The molecule has 33 heavy (non-hydrogen) atoms. The van der Waals surface area contributed by atoms with E-state index >= 15 is 0 Å². The van der Waals surface area contributed by atoms with Crippen molar-refractivity contribution in [2.45, 2.75) is 19.8 Å². The van der Waals surface area contributed by atoms with Gasteiger partial charge in [-0.15, -0.1) is 12.4 Å². The molecule has 3 aromatic rings. The van der Waals surface area contributed by atoms with Crippen molar-refractivity contribution in [2.75, 3.05) is 49.1 Å². The predicted molar refractivity (Wildman–Crippen MR) is 143 cm³/mol. The molecule has 0 aliphatic carbocycles. The number of hydrogen-bond acceptors (Lipinski definition) is 3. The van der Waals surface area contributed by atoms with Crippen LogP contribution in [-0.4, -0.2) is 44.2 Å². The second-order valence-corrected chi connectivity index (χ2v) is 9.29. The number of piperazine rings is 1. The van der Waals surface area contributed by atoms with Crippen molar-refractivity contribution >= 4 is 41.6 Å². The molecule has 6 rings (SSSR count). The van der Waals surface area contributed by atoms with Gasteiger partial charge in [0.1, 0.15) is 0 Å². The molecule has 1 saturated heterocycles. The van der Waals surface area contributed by atoms with Crippen LogP contribution in [0.15, 0.2) is 60.7 Å². The van der Waals surface area contributed by atoms with Gasteiger partial charge < -0.3 is 9.80 Å². The molecule has 0 amide bonds. The van der Waals surface area contributed by atoms with Gasteiger partial charge in [0.2, 0.25) is 0 Å². The summed E-state index contributed by atoms with van der Waals surface area (Å²) in [5.74, 6) is 0. The number of benzene rings is 3. The van der Waals surface area contributed by atoms with Crippen molar-refractivity contribution in [3.63, 3.8) is 0 Å². The summed E-state index contributed by atoms with van der Waals surface area (Å²) in [6.45, 7) is 9.07. The zero-order valence-electron chi connectivity index (χ0n) is 19.3. The summed E-state index contributed by atoms with van der Waals surface area (Å²) < 4.78 is 0. The smallest absolute Gasteiger partial charge is 0.0517 e. The van der Waals surface area contributed by atoms with Crippen LogP contribution in [-0.2, 0) is 12.8 Å². The summed E-state index contributed by atoms with van der Waals surface area (Å²) in [5.41, 5.74) is 11.3. The lowest BCUT2D eigenvalue weighted by molar-refractivity contribution is 0.261. The standard InChI is InChI=1S/C29H31N3.ClH/c1-22-23(14-16-30-18-20-31(21-19-30)26-8-3-2-4-9-26)11-13-28-27(22)12-10-24-6-5-7-25-15-17-32(28)29(24)25;/h2-13H,14-21H2,1H3;1H. The van der Waals surface area contributed by atoms with Crippen LogP contribution in [0.4, 0.5) is 17.1 Å². The molecular weight excluding hydrogens is 426 g/mol. The number of fused-ring (bicyclic) bond motifs is 2. The maximum Gasteiger partial charge on any atom is 0.0517 e. The summed E-state index contributed by atoms with van der Waals surface area (Å²) in [7, 11) is 0. The van der Waals surface area contributed by atoms with E-state index in [1.165, 1.54) is 44.9 Å². The predicted octanol–water partition coefficient (Wildman–Crippen LogP) is 5.96. The SMILES string of the molecule is Cc1c(CCN2CCN(c3ccccc3)CC2)ccc2c1C=Cc1cccc3c1N2CC3.Cl. The van der Waals surface area contributed by atoms with Crippen LogP contribution in [0.3, 0.4) is 0 Å². The van der Waals surface area contributed by atoms with Gasteiger partial charge in [-0.05, 0) is 60.2 Å². The third kappa shape index (κ3) is 4.05. The lowest BCUT2D eigenvalue weighted by atomic mass is 9.97. The number of hydrogen-bond donors (Lipinski definition) is 0. The zero-order valence-corrected chi connectivity index (χ0v) is 20.2. The Morgan fingerprint density at radius 2 is 1.61 bits per heavy atom. The topological polar surface area (TPSA) is 9.72 Å². The Hall–Kier alpha value is -2.75. The van der Waals surface area contributed by atoms with Gasteiger partial charge in [-0.3, -0.25) is 4.90 Å². The van der Waals surface area contributed by atoms with Gasteiger partial charge in [0.05, 0.1) is 5.69 Å². The third-order valence-electron chi connectivity index (χ3n) is 7.54. The van der Waals surface area contributed by atoms with E-state index in [-0.39, 0.29) is 12.4 Å². The Kier molecular flexibility index (Phi) is 6.18. The van der Waals surface area contributed by atoms with E-state index in [1.807, 2.05) is 0 Å². The minimum Gasteiger partial charge on any atom is -0.369 e. The summed E-state index contributed by atoms with van der Waals surface area (Å²) in [5, 5.41) is 0. The molecule has 0 atom stereocenters. The minimum absolute atomic E-state index is 0. The van der Waals surface area contributed by atoms with Gasteiger partial charge in [-0.1, -0.05) is 54.6 Å². The molecule has 0 N–H and O–H groups in total. The van der Waals surface area contributed by atoms with Gasteiger partial charge in [-0.2, -0.15) is 0 Å². The molecule has 0 saturated carbocycles. The van der Waals surface area contributed by atoms with Gasteiger partial charge in [0.15, 0.2) is 0 Å². The third-order valence-corrected chi connectivity index (χ3v) is 7.54. The number of para-hydroxylation sites is 2. The first-order valence-electron chi connectivity index (χ1n) is 12.0. The van der Waals surface area contributed by atoms with E-state index in [2.05, 4.69) is 94.4 Å². The van der Waals surface area contributed by atoms with E-state index in [0.29, 0.717) is 0 Å². The van der Waals surface area contributed by atoms with E-state index in [0.717, 1.165) is 52.1 Å². The largest absolute Gasteiger partial charge is 0.369 e. The molecular formula is C29H32ClN3. The zero-order chi connectivity index (χ0) is 21.5. The molecule has 3 heterocycles. The molecule has 170 valence electrons. The molecule has 3 aliphatic heterocycles. The van der Waals surface area contributed by atoms with Crippen LogP contribution in [0.5, 0.6) is 0 Å². The van der Waals surface area contributed by atoms with E-state index in [9.17, 15) is 0 Å². The number of anilines is 3. The summed E-state index contributed by atoms with van der Waals surface area (Å²) in [6.07, 6.45) is 6.94. The van der Waals surface area contributed by atoms with Crippen LogP contribution in [0.2, 0.25) is 0 Å². The van der Waals surface area contributed by atoms with Crippen LogP contribution in [0.25, 0.3) is 12.2 Å². The Morgan fingerprint density at radius 1 is 0.788 bits per heavy atom. The normalized spacial score (nSPS) is 16.8. The van der Waals surface area contributed by atoms with Gasteiger partial charge >= 0.3 is 0 Å². The van der Waals surface area contributed by atoms with Crippen molar-refractivity contribution < 1.29 is 0 Å². The van der Waals surface area contributed by atoms with Gasteiger partial charge in [0, 0.05) is 56.2 Å². The number of halogens is 1. The lowest BCUT2D eigenvalue weighted by Crippen LogP contribution is -2.47. The maximum atomic E-state index is 2.63. The first-order valence-corrected chi connectivity index (χ1v) is 12.0. The van der Waals surface area contributed by atoms with Crippen molar-refractivity contribution in [2.24, 2.45) is 0 Å². The minimum atomic E-state index is 0. The van der Waals surface area contributed by atoms with Crippen molar-refractivity contribution in [3.8, 4) is 0 Å². The summed E-state index contributed by atoms with van der Waals surface area (Å²) in [4.78, 5) is 7.68.